The van der Waals surface area contributed by atoms with Gasteiger partial charge < -0.3 is 10.4 Å². The molecule has 2 N–H and O–H groups in total. The number of carbonyl (C=O) groups excluding carboxylic acids is 1. The fourth-order valence-corrected chi connectivity index (χ4v) is 3.96. The Morgan fingerprint density at radius 2 is 1.44 bits per heavy atom. The molecule has 27 heavy (non-hydrogen) atoms. The van der Waals surface area contributed by atoms with E-state index in [9.17, 15) is 14.7 Å². The molecule has 0 spiro atoms. The lowest BCUT2D eigenvalue weighted by molar-refractivity contribution is -0.146. The highest BCUT2D eigenvalue weighted by molar-refractivity contribution is 5.96. The Kier molecular flexibility index (Phi) is 4.54. The van der Waals surface area contributed by atoms with E-state index in [1.54, 1.807) is 24.3 Å². The van der Waals surface area contributed by atoms with Crippen molar-refractivity contribution in [1.29, 1.82) is 0 Å². The van der Waals surface area contributed by atoms with E-state index < -0.39 is 17.8 Å². The first kappa shape index (κ1) is 17.1. The highest BCUT2D eigenvalue weighted by atomic mass is 16.4. The number of rotatable bonds is 5. The van der Waals surface area contributed by atoms with Crippen molar-refractivity contribution in [3.63, 3.8) is 0 Å². The third-order valence-electron chi connectivity index (χ3n) is 5.22. The number of anilines is 1. The van der Waals surface area contributed by atoms with Gasteiger partial charge in [0.15, 0.2) is 0 Å². The number of nitrogens with zero attached hydrogens (tertiary/aromatic N) is 2. The van der Waals surface area contributed by atoms with Gasteiger partial charge >= 0.3 is 5.97 Å². The normalized spacial score (nSPS) is 25.8. The van der Waals surface area contributed by atoms with Crippen LogP contribution in [-0.2, 0) is 9.59 Å². The predicted molar refractivity (Wildman–Crippen MR) is 101 cm³/mol. The van der Waals surface area contributed by atoms with E-state index in [1.165, 1.54) is 0 Å². The molecule has 0 aliphatic heterocycles. The number of azo groups is 1. The summed E-state index contributed by atoms with van der Waals surface area (Å²) in [7, 11) is 0. The first-order valence-electron chi connectivity index (χ1n) is 8.90. The predicted octanol–water partition coefficient (Wildman–Crippen LogP) is 4.56. The van der Waals surface area contributed by atoms with E-state index >= 15 is 0 Å². The average Bonchev–Trinajstić information content (AvgIpc) is 3.30. The van der Waals surface area contributed by atoms with E-state index in [1.807, 2.05) is 42.5 Å². The summed E-state index contributed by atoms with van der Waals surface area (Å²) in [5.74, 6) is -2.32. The van der Waals surface area contributed by atoms with Gasteiger partial charge in [-0.2, -0.15) is 10.2 Å². The fraction of sp³-hybridized carbons (Fsp3) is 0.238. The van der Waals surface area contributed by atoms with Gasteiger partial charge in [-0.3, -0.25) is 9.59 Å². The summed E-state index contributed by atoms with van der Waals surface area (Å²) in [6.07, 6.45) is 4.65. The van der Waals surface area contributed by atoms with Crippen molar-refractivity contribution < 1.29 is 14.7 Å². The highest BCUT2D eigenvalue weighted by Gasteiger charge is 2.51. The fourth-order valence-electron chi connectivity index (χ4n) is 3.96. The number of carboxylic acids is 1. The smallest absolute Gasteiger partial charge is 0.307 e. The van der Waals surface area contributed by atoms with Crippen molar-refractivity contribution >= 4 is 28.9 Å². The van der Waals surface area contributed by atoms with Gasteiger partial charge in [-0.05, 0) is 54.7 Å². The summed E-state index contributed by atoms with van der Waals surface area (Å²) in [6.45, 7) is 0. The maximum absolute atomic E-state index is 12.7. The zero-order valence-electron chi connectivity index (χ0n) is 14.5. The van der Waals surface area contributed by atoms with Crippen LogP contribution >= 0.6 is 0 Å². The van der Waals surface area contributed by atoms with Gasteiger partial charge in [-0.1, -0.05) is 30.4 Å². The minimum atomic E-state index is -0.899. The van der Waals surface area contributed by atoms with Gasteiger partial charge in [0.2, 0.25) is 5.91 Å². The molecule has 4 atom stereocenters. The van der Waals surface area contributed by atoms with Crippen LogP contribution in [0.4, 0.5) is 17.1 Å². The van der Waals surface area contributed by atoms with Crippen molar-refractivity contribution in [2.45, 2.75) is 6.42 Å². The number of allylic oxidation sites excluding steroid dienone is 2. The number of hydrogen-bond acceptors (Lipinski definition) is 4. The number of nitrogens with one attached hydrogen (secondary N) is 1. The number of fused-ring (bicyclic) bond motifs is 2. The summed E-state index contributed by atoms with van der Waals surface area (Å²) >= 11 is 0. The second-order valence-electron chi connectivity index (χ2n) is 6.91. The molecule has 1 fully saturated rings. The Labute approximate surface area is 156 Å². The summed E-state index contributed by atoms with van der Waals surface area (Å²) in [5, 5.41) is 20.6. The van der Waals surface area contributed by atoms with E-state index in [0.717, 1.165) is 12.1 Å². The van der Waals surface area contributed by atoms with E-state index in [4.69, 9.17) is 0 Å². The summed E-state index contributed by atoms with van der Waals surface area (Å²) in [4.78, 5) is 24.2. The van der Waals surface area contributed by atoms with Gasteiger partial charge in [0, 0.05) is 5.69 Å². The molecule has 0 saturated heterocycles. The van der Waals surface area contributed by atoms with Crippen LogP contribution < -0.4 is 5.32 Å². The number of aliphatic carboxylic acids is 1. The number of carbonyl (C=O) groups is 2. The van der Waals surface area contributed by atoms with Crippen molar-refractivity contribution in [3.8, 4) is 0 Å². The third kappa shape index (κ3) is 3.51. The summed E-state index contributed by atoms with van der Waals surface area (Å²) in [6, 6.07) is 16.4. The number of amides is 1. The van der Waals surface area contributed by atoms with Gasteiger partial charge in [0.05, 0.1) is 23.2 Å². The van der Waals surface area contributed by atoms with Gasteiger partial charge in [0.25, 0.3) is 0 Å². The summed E-state index contributed by atoms with van der Waals surface area (Å²) in [5.41, 5.74) is 2.05. The van der Waals surface area contributed by atoms with Crippen molar-refractivity contribution in [2.75, 3.05) is 5.32 Å². The minimum Gasteiger partial charge on any atom is -0.481 e. The average molecular weight is 361 g/mol. The molecular formula is C21H19N3O3. The second-order valence-corrected chi connectivity index (χ2v) is 6.91. The molecule has 0 unspecified atom stereocenters. The Morgan fingerprint density at radius 1 is 0.852 bits per heavy atom. The molecule has 2 bridgehead atoms. The molecule has 2 aromatic carbocycles. The molecule has 2 aromatic rings. The highest BCUT2D eigenvalue weighted by Crippen LogP contribution is 2.48. The zero-order valence-corrected chi connectivity index (χ0v) is 14.5. The number of hydrogen-bond donors (Lipinski definition) is 2. The van der Waals surface area contributed by atoms with Crippen molar-refractivity contribution in [2.24, 2.45) is 33.9 Å². The first-order valence-corrected chi connectivity index (χ1v) is 8.90. The molecule has 6 heteroatoms. The summed E-state index contributed by atoms with van der Waals surface area (Å²) < 4.78 is 0. The Bertz CT molecular complexity index is 906. The Morgan fingerprint density at radius 3 is 2.07 bits per heavy atom. The van der Waals surface area contributed by atoms with E-state index in [2.05, 4.69) is 15.5 Å². The van der Waals surface area contributed by atoms with Crippen LogP contribution in [0.15, 0.2) is 77.0 Å². The molecular weight excluding hydrogens is 342 g/mol. The van der Waals surface area contributed by atoms with Gasteiger partial charge in [0.1, 0.15) is 0 Å². The molecule has 1 amide bonds. The number of benzene rings is 2. The standard InChI is InChI=1S/C21H19N3O3/c25-20(18-13-6-7-14(12-13)19(18)21(26)27)22-15-8-10-17(11-9-15)24-23-16-4-2-1-3-5-16/h1-11,13-14,18-19H,12H2,(H,22,25)(H,26,27)/t13-,14-,18+,19-/m0/s1. The maximum Gasteiger partial charge on any atom is 0.307 e. The molecule has 2 aliphatic carbocycles. The first-order chi connectivity index (χ1) is 13.1. The quantitative estimate of drug-likeness (QED) is 0.604. The minimum absolute atomic E-state index is 0.00930. The largest absolute Gasteiger partial charge is 0.481 e. The maximum atomic E-state index is 12.7. The van der Waals surface area contributed by atoms with Crippen LogP contribution in [0.1, 0.15) is 6.42 Å². The van der Waals surface area contributed by atoms with E-state index in [-0.39, 0.29) is 17.7 Å². The van der Waals surface area contributed by atoms with E-state index in [0.29, 0.717) is 11.4 Å². The lowest BCUT2D eigenvalue weighted by Gasteiger charge is -2.23. The van der Waals surface area contributed by atoms with Crippen LogP contribution in [0, 0.1) is 23.7 Å². The molecule has 1 saturated carbocycles. The zero-order chi connectivity index (χ0) is 18.8. The lowest BCUT2D eigenvalue weighted by Crippen LogP contribution is -2.36. The second kappa shape index (κ2) is 7.15. The van der Waals surface area contributed by atoms with Crippen molar-refractivity contribution in [1.82, 2.24) is 0 Å². The number of carboxylic acid groups (broad SMARTS) is 1. The monoisotopic (exact) mass is 361 g/mol. The van der Waals surface area contributed by atoms with Crippen LogP contribution in [0.3, 0.4) is 0 Å². The van der Waals surface area contributed by atoms with Crippen molar-refractivity contribution in [3.05, 3.63) is 66.7 Å². The van der Waals surface area contributed by atoms with Crippen LogP contribution in [0.25, 0.3) is 0 Å². The molecule has 0 heterocycles. The van der Waals surface area contributed by atoms with Crippen LogP contribution in [0.2, 0.25) is 0 Å². The Hall–Kier alpha value is -3.28. The molecule has 0 aromatic heterocycles. The molecule has 4 rings (SSSR count). The van der Waals surface area contributed by atoms with Gasteiger partial charge in [-0.25, -0.2) is 0 Å². The third-order valence-corrected chi connectivity index (χ3v) is 5.22. The lowest BCUT2D eigenvalue weighted by atomic mass is 9.82. The Balaban J connectivity index is 1.43. The molecule has 136 valence electrons. The SMILES string of the molecule is O=C(O)[C@@H]1[C@H](C(=O)Nc2ccc(N=Nc3ccccc3)cc2)[C@H]2C=C[C@H]1C2. The van der Waals surface area contributed by atoms with Gasteiger partial charge in [-0.15, -0.1) is 0 Å². The molecule has 0 radical (unpaired) electrons. The van der Waals surface area contributed by atoms with Crippen LogP contribution in [0.5, 0.6) is 0 Å². The van der Waals surface area contributed by atoms with Crippen LogP contribution in [-0.4, -0.2) is 17.0 Å². The molecule has 6 nitrogen and oxygen atoms in total. The molecule has 2 aliphatic rings. The topological polar surface area (TPSA) is 91.1 Å².